The number of aryl methyl sites for hydroxylation is 1. The molecule has 1 aromatic heterocycles. The molecular weight excluding hydrogens is 200 g/mol. The fourth-order valence-electron chi connectivity index (χ4n) is 2.15. The van der Waals surface area contributed by atoms with E-state index < -0.39 is 0 Å². The van der Waals surface area contributed by atoms with E-state index >= 15 is 0 Å². The number of hydrogen-bond acceptors (Lipinski definition) is 3. The molecule has 0 radical (unpaired) electrons. The predicted molar refractivity (Wildman–Crippen MR) is 65.6 cm³/mol. The van der Waals surface area contributed by atoms with E-state index in [0.29, 0.717) is 5.41 Å². The summed E-state index contributed by atoms with van der Waals surface area (Å²) < 4.78 is 5.53. The van der Waals surface area contributed by atoms with Crippen molar-refractivity contribution >= 4 is 0 Å². The van der Waals surface area contributed by atoms with Crippen molar-refractivity contribution in [1.82, 2.24) is 10.6 Å². The Hall–Kier alpha value is -0.800. The number of hydrogen-bond donors (Lipinski definition) is 2. The maximum atomic E-state index is 5.53. The van der Waals surface area contributed by atoms with Gasteiger partial charge in [-0.2, -0.15) is 0 Å². The highest BCUT2D eigenvalue weighted by Crippen LogP contribution is 2.44. The fraction of sp³-hybridized carbons (Fsp3) is 0.692. The summed E-state index contributed by atoms with van der Waals surface area (Å²) in [6.07, 6.45) is 3.71. The van der Waals surface area contributed by atoms with Crippen LogP contribution in [0.2, 0.25) is 0 Å². The van der Waals surface area contributed by atoms with Gasteiger partial charge in [0.05, 0.1) is 0 Å². The van der Waals surface area contributed by atoms with E-state index in [-0.39, 0.29) is 0 Å². The average molecular weight is 222 g/mol. The quantitative estimate of drug-likeness (QED) is 0.690. The highest BCUT2D eigenvalue weighted by atomic mass is 16.3. The van der Waals surface area contributed by atoms with Crippen LogP contribution in [0, 0.1) is 12.3 Å². The lowest BCUT2D eigenvalue weighted by atomic mass is 10.1. The summed E-state index contributed by atoms with van der Waals surface area (Å²) in [5.74, 6) is 2.09. The van der Waals surface area contributed by atoms with Crippen LogP contribution >= 0.6 is 0 Å². The Balaban J connectivity index is 1.62. The SMILES string of the molecule is CNCC1(CNCCc2ccc(C)o2)CC1. The maximum absolute atomic E-state index is 5.53. The maximum Gasteiger partial charge on any atom is 0.105 e. The van der Waals surface area contributed by atoms with Gasteiger partial charge < -0.3 is 15.1 Å². The van der Waals surface area contributed by atoms with Crippen LogP contribution in [0.25, 0.3) is 0 Å². The molecule has 0 unspecified atom stereocenters. The largest absolute Gasteiger partial charge is 0.466 e. The molecule has 1 aliphatic carbocycles. The van der Waals surface area contributed by atoms with Crippen molar-refractivity contribution in [2.24, 2.45) is 5.41 Å². The normalized spacial score (nSPS) is 17.6. The topological polar surface area (TPSA) is 37.2 Å². The van der Waals surface area contributed by atoms with Crippen molar-refractivity contribution in [3.8, 4) is 0 Å². The second kappa shape index (κ2) is 5.02. The van der Waals surface area contributed by atoms with Gasteiger partial charge in [0.1, 0.15) is 11.5 Å². The van der Waals surface area contributed by atoms with Crippen LogP contribution in [0.15, 0.2) is 16.5 Å². The Morgan fingerprint density at radius 2 is 2.12 bits per heavy atom. The minimum atomic E-state index is 0.549. The molecule has 0 aliphatic heterocycles. The van der Waals surface area contributed by atoms with Crippen LogP contribution in [0.1, 0.15) is 24.4 Å². The highest BCUT2D eigenvalue weighted by molar-refractivity contribution is 5.05. The van der Waals surface area contributed by atoms with Crippen LogP contribution in [-0.2, 0) is 6.42 Å². The first-order chi connectivity index (χ1) is 7.74. The number of rotatable bonds is 7. The van der Waals surface area contributed by atoms with E-state index in [2.05, 4.69) is 16.7 Å². The van der Waals surface area contributed by atoms with Gasteiger partial charge in [-0.25, -0.2) is 0 Å². The van der Waals surface area contributed by atoms with Crippen LogP contribution in [0.3, 0.4) is 0 Å². The lowest BCUT2D eigenvalue weighted by molar-refractivity contribution is 0.427. The number of nitrogens with one attached hydrogen (secondary N) is 2. The molecule has 2 rings (SSSR count). The second-order valence-corrected chi connectivity index (χ2v) is 4.97. The third-order valence-electron chi connectivity index (χ3n) is 3.35. The summed E-state index contributed by atoms with van der Waals surface area (Å²) in [4.78, 5) is 0. The highest BCUT2D eigenvalue weighted by Gasteiger charge is 2.41. The summed E-state index contributed by atoms with van der Waals surface area (Å²) in [5.41, 5.74) is 0.549. The molecule has 1 aromatic rings. The molecule has 16 heavy (non-hydrogen) atoms. The van der Waals surface area contributed by atoms with E-state index in [1.807, 2.05) is 20.0 Å². The summed E-state index contributed by atoms with van der Waals surface area (Å²) in [6, 6.07) is 4.09. The molecule has 0 aromatic carbocycles. The van der Waals surface area contributed by atoms with Gasteiger partial charge in [-0.15, -0.1) is 0 Å². The minimum Gasteiger partial charge on any atom is -0.466 e. The Morgan fingerprint density at radius 1 is 1.31 bits per heavy atom. The van der Waals surface area contributed by atoms with Gasteiger partial charge in [-0.05, 0) is 44.4 Å². The van der Waals surface area contributed by atoms with Gasteiger partial charge in [0, 0.05) is 26.1 Å². The zero-order valence-corrected chi connectivity index (χ0v) is 10.3. The Kier molecular flexibility index (Phi) is 3.66. The summed E-state index contributed by atoms with van der Waals surface area (Å²) in [6.45, 7) is 5.27. The minimum absolute atomic E-state index is 0.549. The number of furan rings is 1. The molecular formula is C13H22N2O. The first kappa shape index (κ1) is 11.7. The van der Waals surface area contributed by atoms with E-state index in [1.54, 1.807) is 0 Å². The van der Waals surface area contributed by atoms with Gasteiger partial charge >= 0.3 is 0 Å². The van der Waals surface area contributed by atoms with E-state index in [1.165, 1.54) is 12.8 Å². The van der Waals surface area contributed by atoms with Crippen LogP contribution in [0.4, 0.5) is 0 Å². The standard InChI is InChI=1S/C13H22N2O/c1-11-3-4-12(16-11)5-8-15-10-13(6-7-13)9-14-2/h3-4,14-15H,5-10H2,1-2H3. The van der Waals surface area contributed by atoms with Crippen LogP contribution in [0.5, 0.6) is 0 Å². The molecule has 90 valence electrons. The molecule has 0 spiro atoms. The van der Waals surface area contributed by atoms with Gasteiger partial charge in [-0.1, -0.05) is 0 Å². The molecule has 0 atom stereocenters. The van der Waals surface area contributed by atoms with Gasteiger partial charge in [0.25, 0.3) is 0 Å². The Bertz CT molecular complexity index is 328. The molecule has 1 saturated carbocycles. The molecule has 3 nitrogen and oxygen atoms in total. The lowest BCUT2D eigenvalue weighted by Crippen LogP contribution is -2.32. The monoisotopic (exact) mass is 222 g/mol. The van der Waals surface area contributed by atoms with Crippen molar-refractivity contribution in [2.45, 2.75) is 26.2 Å². The molecule has 0 saturated heterocycles. The molecule has 1 heterocycles. The zero-order valence-electron chi connectivity index (χ0n) is 10.3. The average Bonchev–Trinajstić information content (AvgIpc) is 2.90. The molecule has 3 heteroatoms. The van der Waals surface area contributed by atoms with E-state index in [9.17, 15) is 0 Å². The van der Waals surface area contributed by atoms with Crippen LogP contribution in [-0.4, -0.2) is 26.7 Å². The van der Waals surface area contributed by atoms with Gasteiger partial charge in [-0.3, -0.25) is 0 Å². The van der Waals surface area contributed by atoms with Gasteiger partial charge in [0.2, 0.25) is 0 Å². The van der Waals surface area contributed by atoms with E-state index in [4.69, 9.17) is 4.42 Å². The van der Waals surface area contributed by atoms with Gasteiger partial charge in [0.15, 0.2) is 0 Å². The lowest BCUT2D eigenvalue weighted by Gasteiger charge is -2.14. The van der Waals surface area contributed by atoms with Crippen molar-refractivity contribution < 1.29 is 4.42 Å². The smallest absolute Gasteiger partial charge is 0.105 e. The third-order valence-corrected chi connectivity index (χ3v) is 3.35. The Labute approximate surface area is 97.6 Å². The second-order valence-electron chi connectivity index (χ2n) is 4.97. The molecule has 0 bridgehead atoms. The Morgan fingerprint density at radius 3 is 2.69 bits per heavy atom. The summed E-state index contributed by atoms with van der Waals surface area (Å²) in [7, 11) is 2.03. The molecule has 0 amide bonds. The van der Waals surface area contributed by atoms with Crippen LogP contribution < -0.4 is 10.6 Å². The van der Waals surface area contributed by atoms with Crippen molar-refractivity contribution in [2.75, 3.05) is 26.7 Å². The van der Waals surface area contributed by atoms with Crippen molar-refractivity contribution in [3.05, 3.63) is 23.7 Å². The fourth-order valence-corrected chi connectivity index (χ4v) is 2.15. The van der Waals surface area contributed by atoms with Crippen molar-refractivity contribution in [1.29, 1.82) is 0 Å². The molecule has 2 N–H and O–H groups in total. The predicted octanol–water partition coefficient (Wildman–Crippen LogP) is 1.72. The van der Waals surface area contributed by atoms with E-state index in [0.717, 1.165) is 37.6 Å². The molecule has 1 aliphatic rings. The first-order valence-corrected chi connectivity index (χ1v) is 6.15. The van der Waals surface area contributed by atoms with Crippen molar-refractivity contribution in [3.63, 3.8) is 0 Å². The summed E-state index contributed by atoms with van der Waals surface area (Å²) >= 11 is 0. The zero-order chi connectivity index (χ0) is 11.4. The first-order valence-electron chi connectivity index (χ1n) is 6.15. The molecule has 1 fully saturated rings. The third kappa shape index (κ3) is 3.09. The summed E-state index contributed by atoms with van der Waals surface area (Å²) in [5, 5.41) is 6.80.